The minimum Gasteiger partial charge on any atom is -0.493 e. The second-order valence-electron chi connectivity index (χ2n) is 9.38. The summed E-state index contributed by atoms with van der Waals surface area (Å²) < 4.78 is 31.1. The molecule has 3 aromatic rings. The molecule has 0 saturated carbocycles. The van der Waals surface area contributed by atoms with E-state index in [1.54, 1.807) is 30.3 Å². The van der Waals surface area contributed by atoms with Crippen LogP contribution in [0.25, 0.3) is 0 Å². The fraction of sp³-hybridized carbons (Fsp3) is 0.393. The van der Waals surface area contributed by atoms with Crippen LogP contribution in [0.5, 0.6) is 17.2 Å². The highest BCUT2D eigenvalue weighted by Crippen LogP contribution is 2.32. The number of piperazine rings is 1. The first-order chi connectivity index (χ1) is 19.4. The van der Waals surface area contributed by atoms with Crippen LogP contribution in [0.2, 0.25) is 0 Å². The number of para-hydroxylation sites is 1. The van der Waals surface area contributed by atoms with Crippen LogP contribution >= 0.6 is 0 Å². The number of hydrogen-bond donors (Lipinski definition) is 2. The van der Waals surface area contributed by atoms with Gasteiger partial charge in [0.05, 0.1) is 27.4 Å². The van der Waals surface area contributed by atoms with Crippen LogP contribution in [0, 0.1) is 5.82 Å². The fourth-order valence-corrected chi connectivity index (χ4v) is 4.42. The van der Waals surface area contributed by atoms with Gasteiger partial charge < -0.3 is 34.4 Å². The number of anilines is 3. The Kier molecular flexibility index (Phi) is 9.92. The number of benzene rings is 2. The third kappa shape index (κ3) is 7.48. The molecule has 2 N–H and O–H groups in total. The maximum atomic E-state index is 14.7. The third-order valence-electron chi connectivity index (χ3n) is 6.62. The number of halogens is 1. The van der Waals surface area contributed by atoms with Gasteiger partial charge in [-0.2, -0.15) is 4.98 Å². The highest BCUT2D eigenvalue weighted by atomic mass is 19.1. The zero-order chi connectivity index (χ0) is 28.5. The first-order valence-corrected chi connectivity index (χ1v) is 13.0. The molecule has 2 heterocycles. The summed E-state index contributed by atoms with van der Waals surface area (Å²) in [6.07, 6.45) is 1.03. The molecule has 214 valence electrons. The van der Waals surface area contributed by atoms with Gasteiger partial charge in [-0.1, -0.05) is 12.1 Å². The van der Waals surface area contributed by atoms with E-state index in [9.17, 15) is 14.3 Å². The minimum atomic E-state index is -1.21. The molecule has 2 aromatic carbocycles. The fourth-order valence-electron chi connectivity index (χ4n) is 4.42. The first kappa shape index (κ1) is 28.8. The summed E-state index contributed by atoms with van der Waals surface area (Å²) >= 11 is 0. The van der Waals surface area contributed by atoms with Gasteiger partial charge in [0.15, 0.2) is 23.1 Å². The summed E-state index contributed by atoms with van der Waals surface area (Å²) in [5.74, 6) is 0.818. The van der Waals surface area contributed by atoms with Crippen LogP contribution < -0.4 is 24.4 Å². The average molecular weight is 555 g/mol. The van der Waals surface area contributed by atoms with Gasteiger partial charge >= 0.3 is 6.09 Å². The van der Waals surface area contributed by atoms with Crippen molar-refractivity contribution in [2.24, 2.45) is 0 Å². The average Bonchev–Trinajstić information content (AvgIpc) is 2.95. The van der Waals surface area contributed by atoms with E-state index in [1.807, 2.05) is 0 Å². The van der Waals surface area contributed by atoms with Crippen molar-refractivity contribution in [2.45, 2.75) is 13.0 Å². The Morgan fingerprint density at radius 3 is 2.60 bits per heavy atom. The van der Waals surface area contributed by atoms with Crippen molar-refractivity contribution in [1.29, 1.82) is 0 Å². The zero-order valence-corrected chi connectivity index (χ0v) is 23.0. The summed E-state index contributed by atoms with van der Waals surface area (Å²) in [6, 6.07) is 11.2. The van der Waals surface area contributed by atoms with E-state index in [4.69, 9.17) is 14.2 Å². The lowest BCUT2D eigenvalue weighted by molar-refractivity contribution is 0.145. The number of ether oxygens (including phenoxy) is 3. The number of amides is 1. The van der Waals surface area contributed by atoms with Crippen molar-refractivity contribution in [2.75, 3.05) is 70.8 Å². The lowest BCUT2D eigenvalue weighted by atomic mass is 10.1. The molecule has 1 aliphatic heterocycles. The van der Waals surface area contributed by atoms with Crippen LogP contribution in [-0.2, 0) is 6.54 Å². The van der Waals surface area contributed by atoms with E-state index in [-0.39, 0.29) is 24.1 Å². The zero-order valence-electron chi connectivity index (χ0n) is 23.0. The molecule has 40 heavy (non-hydrogen) atoms. The highest BCUT2D eigenvalue weighted by Gasteiger charge is 2.21. The first-order valence-electron chi connectivity index (χ1n) is 13.0. The lowest BCUT2D eigenvalue weighted by Crippen LogP contribution is -2.44. The minimum absolute atomic E-state index is 0.0400. The van der Waals surface area contributed by atoms with Gasteiger partial charge in [0.25, 0.3) is 0 Å². The number of nitrogens with one attached hydrogen (secondary N) is 1. The topological polar surface area (TPSA) is 113 Å². The van der Waals surface area contributed by atoms with Gasteiger partial charge in [-0.3, -0.25) is 4.90 Å². The molecule has 1 fully saturated rings. The molecule has 1 saturated heterocycles. The summed E-state index contributed by atoms with van der Waals surface area (Å²) in [5, 5.41) is 12.8. The molecule has 12 heteroatoms. The summed E-state index contributed by atoms with van der Waals surface area (Å²) in [6.45, 7) is 5.48. The smallest absolute Gasteiger partial charge is 0.413 e. The van der Waals surface area contributed by atoms with E-state index < -0.39 is 11.9 Å². The van der Waals surface area contributed by atoms with Crippen molar-refractivity contribution < 1.29 is 28.5 Å². The quantitative estimate of drug-likeness (QED) is 0.318. The standard InChI is InChI=1S/C28H35FN6O5/c1-33-13-15-34(16-14-33)12-5-17-40-23-9-8-21(18-22(23)29)31-27-30-11-10-25(32-27)35(28(36)37)19-20-6-4-7-24(38-2)26(20)39-3/h4,6-11,18H,5,12-17,19H2,1-3H3,(H,36,37)(H,30,31,32). The van der Waals surface area contributed by atoms with Crippen LogP contribution in [0.3, 0.4) is 0 Å². The SMILES string of the molecule is COc1cccc(CN(C(=O)O)c2ccnc(Nc3ccc(OCCCN4CCN(C)CC4)c(F)c3)n2)c1OC. The van der Waals surface area contributed by atoms with Crippen molar-refractivity contribution in [3.63, 3.8) is 0 Å². The van der Waals surface area contributed by atoms with E-state index in [1.165, 1.54) is 32.5 Å². The number of carbonyl (C=O) groups is 1. The number of hydrogen-bond acceptors (Lipinski definition) is 9. The molecule has 0 unspecified atom stereocenters. The summed E-state index contributed by atoms with van der Waals surface area (Å²) in [5.41, 5.74) is 0.995. The summed E-state index contributed by atoms with van der Waals surface area (Å²) in [7, 11) is 5.12. The van der Waals surface area contributed by atoms with Crippen LogP contribution in [-0.4, -0.2) is 91.6 Å². The van der Waals surface area contributed by atoms with Crippen LogP contribution in [0.15, 0.2) is 48.7 Å². The summed E-state index contributed by atoms with van der Waals surface area (Å²) in [4.78, 5) is 26.4. The predicted molar refractivity (Wildman–Crippen MR) is 150 cm³/mol. The largest absolute Gasteiger partial charge is 0.493 e. The van der Waals surface area contributed by atoms with Gasteiger partial charge in [0.2, 0.25) is 5.95 Å². The maximum absolute atomic E-state index is 14.7. The molecule has 1 amide bonds. The molecule has 0 bridgehead atoms. The molecular formula is C28H35FN6O5. The van der Waals surface area contributed by atoms with E-state index in [2.05, 4.69) is 32.1 Å². The van der Waals surface area contributed by atoms with E-state index >= 15 is 0 Å². The monoisotopic (exact) mass is 554 g/mol. The molecule has 0 radical (unpaired) electrons. The molecule has 1 aliphatic rings. The molecule has 1 aromatic heterocycles. The van der Waals surface area contributed by atoms with Gasteiger partial charge in [-0.15, -0.1) is 0 Å². The van der Waals surface area contributed by atoms with Crippen molar-refractivity contribution in [3.05, 3.63) is 60.0 Å². The van der Waals surface area contributed by atoms with Gasteiger partial charge in [0.1, 0.15) is 5.82 Å². The normalized spacial score (nSPS) is 14.0. The second-order valence-corrected chi connectivity index (χ2v) is 9.38. The Morgan fingerprint density at radius 2 is 1.90 bits per heavy atom. The van der Waals surface area contributed by atoms with Crippen molar-refractivity contribution in [3.8, 4) is 17.2 Å². The van der Waals surface area contributed by atoms with E-state index in [0.717, 1.165) is 44.0 Å². The molecule has 0 spiro atoms. The third-order valence-corrected chi connectivity index (χ3v) is 6.62. The molecule has 4 rings (SSSR count). The van der Waals surface area contributed by atoms with E-state index in [0.29, 0.717) is 29.4 Å². The molecular weight excluding hydrogens is 519 g/mol. The predicted octanol–water partition coefficient (Wildman–Crippen LogP) is 4.08. The Bertz CT molecular complexity index is 1290. The van der Waals surface area contributed by atoms with Gasteiger partial charge in [0, 0.05) is 56.2 Å². The van der Waals surface area contributed by atoms with Gasteiger partial charge in [-0.25, -0.2) is 14.2 Å². The molecule has 11 nitrogen and oxygen atoms in total. The van der Waals surface area contributed by atoms with Crippen molar-refractivity contribution >= 4 is 23.5 Å². The number of methoxy groups -OCH3 is 2. The number of aromatic nitrogens is 2. The molecule has 0 aliphatic carbocycles. The lowest BCUT2D eigenvalue weighted by Gasteiger charge is -2.32. The number of rotatable bonds is 12. The number of nitrogens with zero attached hydrogens (tertiary/aromatic N) is 5. The Morgan fingerprint density at radius 1 is 1.10 bits per heavy atom. The maximum Gasteiger partial charge on any atom is 0.413 e. The Labute approximate surface area is 233 Å². The van der Waals surface area contributed by atoms with Crippen molar-refractivity contribution in [1.82, 2.24) is 19.8 Å². The number of likely N-dealkylation sites (N-methyl/N-ethyl adjacent to an activating group) is 1. The highest BCUT2D eigenvalue weighted by molar-refractivity contribution is 5.85. The van der Waals surface area contributed by atoms with Gasteiger partial charge in [-0.05, 0) is 37.7 Å². The molecule has 0 atom stereocenters. The second kappa shape index (κ2) is 13.8. The van der Waals surface area contributed by atoms with Crippen LogP contribution in [0.4, 0.5) is 26.6 Å². The Balaban J connectivity index is 1.38. The van der Waals surface area contributed by atoms with Crippen LogP contribution in [0.1, 0.15) is 12.0 Å². The number of carboxylic acid groups (broad SMARTS) is 1. The Hall–Kier alpha value is -4.16.